The van der Waals surface area contributed by atoms with Crippen molar-refractivity contribution in [2.24, 2.45) is 0 Å². The molecule has 1 aliphatic rings. The molecule has 4 aromatic rings. The minimum atomic E-state index is -3.79. The summed E-state index contributed by atoms with van der Waals surface area (Å²) in [5.41, 5.74) is 3.08. The Kier molecular flexibility index (Phi) is 6.26. The average molecular weight is 520 g/mol. The fourth-order valence-electron chi connectivity index (χ4n) is 4.16. The Morgan fingerprint density at radius 1 is 0.727 bits per heavy atom. The summed E-state index contributed by atoms with van der Waals surface area (Å²) < 4.78 is 28.3. The lowest BCUT2D eigenvalue weighted by Gasteiger charge is -2.41. The van der Waals surface area contributed by atoms with E-state index < -0.39 is 13.4 Å². The molecule has 4 aromatic carbocycles. The van der Waals surface area contributed by atoms with Crippen LogP contribution in [0.4, 0.5) is 5.69 Å². The van der Waals surface area contributed by atoms with E-state index in [9.17, 15) is 4.57 Å². The largest absolute Gasteiger partial charge is 0.457 e. The molecular weight excluding hydrogens is 497 g/mol. The van der Waals surface area contributed by atoms with E-state index >= 15 is 0 Å². The summed E-state index contributed by atoms with van der Waals surface area (Å²) in [4.78, 5) is 2.14. The second-order valence-electron chi connectivity index (χ2n) is 7.84. The summed E-state index contributed by atoms with van der Waals surface area (Å²) in [5, 5.41) is 0. The van der Waals surface area contributed by atoms with Gasteiger partial charge in [0.15, 0.2) is 5.78 Å². The standard InChI is InChI=1S/C27H23BrNO3P/c28-22-15-17-23(18-16-22)29-20-19-21-9-7-8-14-26(21)27(29)33(30,31-24-10-3-1-4-11-24)32-25-12-5-2-6-13-25/h1-18,27H,19-20H2. The molecule has 1 atom stereocenters. The SMILES string of the molecule is O=P(Oc1ccccc1)(Oc1ccccc1)C1c2ccccc2CCN1c1ccc(Br)cc1. The monoisotopic (exact) mass is 519 g/mol. The number of nitrogens with zero attached hydrogens (tertiary/aromatic N) is 1. The molecule has 0 radical (unpaired) electrons. The van der Waals surface area contributed by atoms with Gasteiger partial charge in [0.2, 0.25) is 0 Å². The normalized spacial score (nSPS) is 15.5. The molecule has 0 N–H and O–H groups in total. The summed E-state index contributed by atoms with van der Waals surface area (Å²) in [5.74, 6) is 0.412. The molecule has 0 amide bonds. The molecule has 0 fully saturated rings. The van der Waals surface area contributed by atoms with Gasteiger partial charge in [-0.15, -0.1) is 0 Å². The smallest absolute Gasteiger partial charge is 0.414 e. The summed E-state index contributed by atoms with van der Waals surface area (Å²) >= 11 is 3.52. The van der Waals surface area contributed by atoms with Gasteiger partial charge >= 0.3 is 7.60 Å². The van der Waals surface area contributed by atoms with Gasteiger partial charge in [-0.05, 0) is 66.1 Å². The van der Waals surface area contributed by atoms with Crippen molar-refractivity contribution in [2.75, 3.05) is 11.4 Å². The van der Waals surface area contributed by atoms with Crippen molar-refractivity contribution in [2.45, 2.75) is 12.2 Å². The molecule has 1 unspecified atom stereocenters. The van der Waals surface area contributed by atoms with E-state index in [-0.39, 0.29) is 0 Å². The van der Waals surface area contributed by atoms with Crippen molar-refractivity contribution in [3.05, 3.63) is 125 Å². The third-order valence-corrected chi connectivity index (χ3v) is 8.28. The quantitative estimate of drug-likeness (QED) is 0.243. The predicted octanol–water partition coefficient (Wildman–Crippen LogP) is 7.86. The minimum Gasteiger partial charge on any atom is -0.414 e. The maximum Gasteiger partial charge on any atom is 0.457 e. The Labute approximate surface area is 202 Å². The second kappa shape index (κ2) is 9.46. The minimum absolute atomic E-state index is 0.510. The summed E-state index contributed by atoms with van der Waals surface area (Å²) in [6, 6.07) is 34.6. The third kappa shape index (κ3) is 4.71. The van der Waals surface area contributed by atoms with Crippen LogP contribution in [-0.4, -0.2) is 6.54 Å². The molecule has 4 nitrogen and oxygen atoms in total. The molecule has 166 valence electrons. The van der Waals surface area contributed by atoms with Crippen molar-refractivity contribution in [1.29, 1.82) is 0 Å². The highest BCUT2D eigenvalue weighted by molar-refractivity contribution is 9.10. The van der Waals surface area contributed by atoms with E-state index in [1.54, 1.807) is 24.3 Å². The van der Waals surface area contributed by atoms with Crippen LogP contribution >= 0.6 is 23.5 Å². The van der Waals surface area contributed by atoms with Gasteiger partial charge in [0.1, 0.15) is 11.5 Å². The van der Waals surface area contributed by atoms with Crippen LogP contribution in [0.25, 0.3) is 0 Å². The van der Waals surface area contributed by atoms with Crippen LogP contribution < -0.4 is 13.9 Å². The molecule has 1 heterocycles. The Bertz CT molecular complexity index is 1220. The molecule has 0 saturated heterocycles. The van der Waals surface area contributed by atoms with E-state index in [0.29, 0.717) is 18.0 Å². The van der Waals surface area contributed by atoms with Crippen LogP contribution in [0.2, 0.25) is 0 Å². The molecule has 5 rings (SSSR count). The number of hydrogen-bond acceptors (Lipinski definition) is 4. The Morgan fingerprint density at radius 2 is 1.27 bits per heavy atom. The van der Waals surface area contributed by atoms with Gasteiger partial charge in [-0.1, -0.05) is 76.6 Å². The van der Waals surface area contributed by atoms with Gasteiger partial charge in [-0.25, -0.2) is 4.57 Å². The maximum absolute atomic E-state index is 14.8. The van der Waals surface area contributed by atoms with Crippen molar-refractivity contribution < 1.29 is 13.6 Å². The van der Waals surface area contributed by atoms with Crippen LogP contribution in [0, 0.1) is 0 Å². The van der Waals surface area contributed by atoms with E-state index in [1.807, 2.05) is 78.9 Å². The molecule has 33 heavy (non-hydrogen) atoms. The van der Waals surface area contributed by atoms with Crippen molar-refractivity contribution in [3.8, 4) is 11.5 Å². The first-order chi connectivity index (χ1) is 16.1. The number of benzene rings is 4. The van der Waals surface area contributed by atoms with Gasteiger partial charge in [-0.3, -0.25) is 0 Å². The van der Waals surface area contributed by atoms with Crippen LogP contribution in [0.1, 0.15) is 16.9 Å². The van der Waals surface area contributed by atoms with Gasteiger partial charge in [0, 0.05) is 16.7 Å². The number of rotatable bonds is 6. The second-order valence-corrected chi connectivity index (χ2v) is 10.7. The fraction of sp³-hybridized carbons (Fsp3) is 0.111. The first-order valence-corrected chi connectivity index (χ1v) is 13.2. The van der Waals surface area contributed by atoms with E-state index in [1.165, 1.54) is 0 Å². The lowest BCUT2D eigenvalue weighted by Crippen LogP contribution is -2.37. The zero-order chi connectivity index (χ0) is 22.7. The lowest BCUT2D eigenvalue weighted by atomic mass is 9.99. The number of anilines is 1. The fourth-order valence-corrected chi connectivity index (χ4v) is 6.68. The van der Waals surface area contributed by atoms with Gasteiger partial charge in [-0.2, -0.15) is 0 Å². The topological polar surface area (TPSA) is 38.8 Å². The summed E-state index contributed by atoms with van der Waals surface area (Å²) in [7, 11) is -3.79. The summed E-state index contributed by atoms with van der Waals surface area (Å²) in [6.45, 7) is 0.698. The molecule has 6 heteroatoms. The Balaban J connectivity index is 1.66. The average Bonchev–Trinajstić information content (AvgIpc) is 2.85. The first kappa shape index (κ1) is 21.8. The predicted molar refractivity (Wildman–Crippen MR) is 136 cm³/mol. The van der Waals surface area contributed by atoms with Crippen LogP contribution in [0.3, 0.4) is 0 Å². The van der Waals surface area contributed by atoms with Gasteiger partial charge < -0.3 is 13.9 Å². The number of hydrogen-bond donors (Lipinski definition) is 0. The van der Waals surface area contributed by atoms with Crippen molar-refractivity contribution >= 4 is 29.2 Å². The highest BCUT2D eigenvalue weighted by Crippen LogP contribution is 2.63. The highest BCUT2D eigenvalue weighted by Gasteiger charge is 2.47. The maximum atomic E-state index is 14.8. The number of fused-ring (bicyclic) bond motifs is 1. The molecule has 0 saturated carbocycles. The zero-order valence-corrected chi connectivity index (χ0v) is 20.4. The van der Waals surface area contributed by atoms with Crippen LogP contribution in [0.5, 0.6) is 11.5 Å². The molecule has 1 aliphatic heterocycles. The third-order valence-electron chi connectivity index (χ3n) is 5.66. The lowest BCUT2D eigenvalue weighted by molar-refractivity contribution is 0.367. The molecule has 0 aromatic heterocycles. The van der Waals surface area contributed by atoms with Crippen LogP contribution in [-0.2, 0) is 11.0 Å². The highest BCUT2D eigenvalue weighted by atomic mass is 79.9. The van der Waals surface area contributed by atoms with Gasteiger partial charge in [0.05, 0.1) is 0 Å². The van der Waals surface area contributed by atoms with E-state index in [2.05, 4.69) is 26.9 Å². The van der Waals surface area contributed by atoms with E-state index in [0.717, 1.165) is 27.7 Å². The molecular formula is C27H23BrNO3P. The summed E-state index contributed by atoms with van der Waals surface area (Å²) in [6.07, 6.45) is 0.847. The number of para-hydroxylation sites is 2. The van der Waals surface area contributed by atoms with E-state index in [4.69, 9.17) is 9.05 Å². The molecule has 0 bridgehead atoms. The molecule has 0 aliphatic carbocycles. The van der Waals surface area contributed by atoms with Gasteiger partial charge in [0.25, 0.3) is 0 Å². The van der Waals surface area contributed by atoms with Crippen LogP contribution in [0.15, 0.2) is 114 Å². The number of halogens is 1. The van der Waals surface area contributed by atoms with Crippen molar-refractivity contribution in [3.63, 3.8) is 0 Å². The molecule has 0 spiro atoms. The van der Waals surface area contributed by atoms with Crippen molar-refractivity contribution in [1.82, 2.24) is 0 Å². The Morgan fingerprint density at radius 3 is 1.88 bits per heavy atom. The first-order valence-electron chi connectivity index (χ1n) is 10.8. The zero-order valence-electron chi connectivity index (χ0n) is 17.9. The Hall–Kier alpha value is -3.01.